The summed E-state index contributed by atoms with van der Waals surface area (Å²) in [6, 6.07) is 5.88. The van der Waals surface area contributed by atoms with Crippen molar-refractivity contribution in [1.82, 2.24) is 14.4 Å². The lowest BCUT2D eigenvalue weighted by molar-refractivity contribution is -0.0257. The highest BCUT2D eigenvalue weighted by Crippen LogP contribution is 2.28. The third-order valence-corrected chi connectivity index (χ3v) is 5.40. The zero-order valence-corrected chi connectivity index (χ0v) is 17.4. The number of halogens is 1. The van der Waals surface area contributed by atoms with Gasteiger partial charge in [-0.2, -0.15) is 0 Å². The Kier molecular flexibility index (Phi) is 5.76. The van der Waals surface area contributed by atoms with Gasteiger partial charge in [-0.05, 0) is 37.6 Å². The number of allylic oxidation sites excluding steroid dienone is 1. The first-order valence-electron chi connectivity index (χ1n) is 9.59. The fourth-order valence-electron chi connectivity index (χ4n) is 3.45. The van der Waals surface area contributed by atoms with Crippen LogP contribution in [-0.2, 0) is 9.47 Å². The van der Waals surface area contributed by atoms with Crippen molar-refractivity contribution in [1.29, 1.82) is 0 Å². The van der Waals surface area contributed by atoms with E-state index in [1.54, 1.807) is 13.3 Å². The summed E-state index contributed by atoms with van der Waals surface area (Å²) in [7, 11) is 1.70. The number of hydrogen-bond donors (Lipinski definition) is 0. The van der Waals surface area contributed by atoms with Gasteiger partial charge in [-0.15, -0.1) is 0 Å². The Morgan fingerprint density at radius 2 is 2.21 bits per heavy atom. The van der Waals surface area contributed by atoms with Crippen LogP contribution in [-0.4, -0.2) is 46.0 Å². The van der Waals surface area contributed by atoms with Crippen molar-refractivity contribution in [3.05, 3.63) is 59.5 Å². The monoisotopic (exact) mass is 410 g/mol. The minimum absolute atomic E-state index is 0.0632. The molecule has 3 aromatic rings. The van der Waals surface area contributed by atoms with Gasteiger partial charge in [0.25, 0.3) is 0 Å². The number of hydrogen-bond acceptors (Lipinski definition) is 5. The molecule has 1 aliphatic carbocycles. The maximum atomic E-state index is 6.18. The summed E-state index contributed by atoms with van der Waals surface area (Å²) in [5.41, 5.74) is 4.39. The number of aryl methyl sites for hydroxylation is 1. The summed E-state index contributed by atoms with van der Waals surface area (Å²) in [4.78, 5) is 14.0. The molecule has 6 nitrogen and oxygen atoms in total. The molecular formula is C22H23ClN4O2. The Morgan fingerprint density at radius 1 is 1.34 bits per heavy atom. The number of aromatic nitrogens is 3. The van der Waals surface area contributed by atoms with Crippen LogP contribution in [0.25, 0.3) is 16.9 Å². The molecule has 2 aromatic heterocycles. The lowest BCUT2D eigenvalue weighted by atomic mass is 9.99. The molecule has 150 valence electrons. The highest BCUT2D eigenvalue weighted by Gasteiger charge is 2.25. The first-order valence-corrected chi connectivity index (χ1v) is 9.97. The highest BCUT2D eigenvalue weighted by atomic mass is 35.5. The van der Waals surface area contributed by atoms with Crippen molar-refractivity contribution < 1.29 is 9.47 Å². The molecule has 0 radical (unpaired) electrons. The topological polar surface area (TPSA) is 61.0 Å². The van der Waals surface area contributed by atoms with Crippen molar-refractivity contribution in [2.45, 2.75) is 32.5 Å². The molecular weight excluding hydrogens is 388 g/mol. The van der Waals surface area contributed by atoms with E-state index in [-0.39, 0.29) is 12.2 Å². The molecule has 0 bridgehead atoms. The molecule has 0 amide bonds. The van der Waals surface area contributed by atoms with Gasteiger partial charge < -0.3 is 13.9 Å². The molecule has 0 spiro atoms. The zero-order valence-electron chi connectivity index (χ0n) is 16.7. The lowest BCUT2D eigenvalue weighted by Gasteiger charge is -2.26. The average Bonchev–Trinajstić information content (AvgIpc) is 3.20. The quantitative estimate of drug-likeness (QED) is 0.605. The van der Waals surface area contributed by atoms with E-state index in [1.165, 1.54) is 0 Å². The van der Waals surface area contributed by atoms with Gasteiger partial charge in [-0.25, -0.2) is 15.0 Å². The number of ether oxygens (including phenoxy) is 2. The molecule has 0 N–H and O–H groups in total. The van der Waals surface area contributed by atoms with Crippen molar-refractivity contribution in [2.75, 3.05) is 13.7 Å². The molecule has 0 saturated heterocycles. The van der Waals surface area contributed by atoms with Crippen LogP contribution in [0.15, 0.2) is 53.9 Å². The third-order valence-electron chi connectivity index (χ3n) is 4.98. The number of fused-ring (bicyclic) bond motifs is 1. The lowest BCUT2D eigenvalue weighted by Crippen LogP contribution is -2.34. The third kappa shape index (κ3) is 4.10. The number of imidazole rings is 1. The van der Waals surface area contributed by atoms with E-state index in [0.717, 1.165) is 27.6 Å². The van der Waals surface area contributed by atoms with E-state index in [2.05, 4.69) is 4.98 Å². The van der Waals surface area contributed by atoms with Gasteiger partial charge in [-0.1, -0.05) is 23.7 Å². The Labute approximate surface area is 174 Å². The Balaban J connectivity index is 1.75. The summed E-state index contributed by atoms with van der Waals surface area (Å²) in [5, 5.41) is 0.736. The van der Waals surface area contributed by atoms with Gasteiger partial charge in [-0.3, -0.25) is 0 Å². The maximum absolute atomic E-state index is 6.18. The Morgan fingerprint density at radius 3 is 2.97 bits per heavy atom. The van der Waals surface area contributed by atoms with Crippen LogP contribution >= 0.6 is 11.6 Å². The molecule has 0 saturated carbocycles. The van der Waals surface area contributed by atoms with Crippen molar-refractivity contribution in [2.24, 2.45) is 4.99 Å². The highest BCUT2D eigenvalue weighted by molar-refractivity contribution is 6.31. The van der Waals surface area contributed by atoms with Crippen molar-refractivity contribution >= 4 is 28.8 Å². The summed E-state index contributed by atoms with van der Waals surface area (Å²) in [6.45, 7) is 4.60. The minimum Gasteiger partial charge on any atom is -0.378 e. The second-order valence-corrected chi connectivity index (χ2v) is 7.34. The normalized spacial score (nSPS) is 20.6. The summed E-state index contributed by atoms with van der Waals surface area (Å²) < 4.78 is 13.3. The van der Waals surface area contributed by atoms with E-state index in [0.29, 0.717) is 24.5 Å². The number of rotatable bonds is 5. The van der Waals surface area contributed by atoms with Crippen LogP contribution in [0.4, 0.5) is 5.82 Å². The van der Waals surface area contributed by atoms with Gasteiger partial charge in [0.1, 0.15) is 6.10 Å². The van der Waals surface area contributed by atoms with E-state index >= 15 is 0 Å². The predicted octanol–water partition coefficient (Wildman–Crippen LogP) is 4.81. The van der Waals surface area contributed by atoms with Gasteiger partial charge in [0.05, 0.1) is 11.8 Å². The molecule has 2 unspecified atom stereocenters. The van der Waals surface area contributed by atoms with E-state index in [9.17, 15) is 0 Å². The van der Waals surface area contributed by atoms with Crippen LogP contribution in [0, 0.1) is 6.92 Å². The number of benzene rings is 1. The molecule has 0 aliphatic heterocycles. The molecule has 0 fully saturated rings. The largest absolute Gasteiger partial charge is 0.378 e. The van der Waals surface area contributed by atoms with Crippen LogP contribution in [0.5, 0.6) is 0 Å². The molecule has 1 aliphatic rings. The van der Waals surface area contributed by atoms with E-state index in [1.807, 2.05) is 61.0 Å². The fourth-order valence-corrected chi connectivity index (χ4v) is 3.56. The Hall–Kier alpha value is -2.54. The fraction of sp³-hybridized carbons (Fsp3) is 0.318. The average molecular weight is 411 g/mol. The summed E-state index contributed by atoms with van der Waals surface area (Å²) in [5.74, 6) is 0.574. The Bertz CT molecular complexity index is 1090. The van der Waals surface area contributed by atoms with Crippen LogP contribution < -0.4 is 0 Å². The second-order valence-electron chi connectivity index (χ2n) is 6.93. The van der Waals surface area contributed by atoms with E-state index in [4.69, 9.17) is 31.1 Å². The summed E-state index contributed by atoms with van der Waals surface area (Å²) >= 11 is 6.18. The van der Waals surface area contributed by atoms with Gasteiger partial charge in [0, 0.05) is 55.0 Å². The van der Waals surface area contributed by atoms with Crippen LogP contribution in [0.3, 0.4) is 0 Å². The van der Waals surface area contributed by atoms with Crippen molar-refractivity contribution in [3.63, 3.8) is 0 Å². The second kappa shape index (κ2) is 8.45. The van der Waals surface area contributed by atoms with Crippen LogP contribution in [0.1, 0.15) is 18.9 Å². The predicted molar refractivity (Wildman–Crippen MR) is 115 cm³/mol. The molecule has 4 rings (SSSR count). The maximum Gasteiger partial charge on any atom is 0.197 e. The van der Waals surface area contributed by atoms with Gasteiger partial charge in [0.2, 0.25) is 0 Å². The van der Waals surface area contributed by atoms with E-state index < -0.39 is 0 Å². The molecule has 2 atom stereocenters. The summed E-state index contributed by atoms with van der Waals surface area (Å²) in [6.07, 6.45) is 10.1. The smallest absolute Gasteiger partial charge is 0.197 e. The number of aliphatic imine (C=N–C) groups is 1. The standard InChI is InChI=1S/C22H23ClN4O2/c1-4-29-19-8-6-16(12-20(19)28-3)25-21-22-24-9-10-27(22)13-18(26-21)15-5-7-17(23)14(2)11-15/h5-11,13,19-20H,4,12H2,1-3H3. The first kappa shape index (κ1) is 19.8. The molecule has 7 heteroatoms. The van der Waals surface area contributed by atoms with Crippen molar-refractivity contribution in [3.8, 4) is 11.3 Å². The van der Waals surface area contributed by atoms with Crippen LogP contribution in [0.2, 0.25) is 5.02 Å². The molecule has 29 heavy (non-hydrogen) atoms. The van der Waals surface area contributed by atoms with Gasteiger partial charge >= 0.3 is 0 Å². The first-order chi connectivity index (χ1) is 14.1. The number of methoxy groups -OCH3 is 1. The molecule has 2 heterocycles. The zero-order chi connectivity index (χ0) is 20.4. The molecule has 1 aromatic carbocycles. The van der Waals surface area contributed by atoms with Gasteiger partial charge in [0.15, 0.2) is 11.5 Å². The SMILES string of the molecule is CCOC1C=CC(=Nc2nc(-c3ccc(Cl)c(C)c3)cn3ccnc23)CC1OC. The number of nitrogens with zero attached hydrogens (tertiary/aromatic N) is 4. The minimum atomic E-state index is -0.0726.